The summed E-state index contributed by atoms with van der Waals surface area (Å²) in [6, 6.07) is 6.28. The second kappa shape index (κ2) is 4.56. The molecule has 1 N–H and O–H groups in total. The molecule has 0 bridgehead atoms. The van der Waals surface area contributed by atoms with Gasteiger partial charge in [0.05, 0.1) is 11.3 Å². The zero-order valence-corrected chi connectivity index (χ0v) is 10.1. The van der Waals surface area contributed by atoms with Crippen molar-refractivity contribution in [3.05, 3.63) is 53.0 Å². The van der Waals surface area contributed by atoms with Crippen LogP contribution in [0.25, 0.3) is 11.3 Å². The van der Waals surface area contributed by atoms with E-state index < -0.39 is 5.97 Å². The molecule has 0 aliphatic heterocycles. The van der Waals surface area contributed by atoms with Crippen molar-refractivity contribution < 1.29 is 14.3 Å². The molecule has 18 heavy (non-hydrogen) atoms. The number of rotatable bonds is 2. The summed E-state index contributed by atoms with van der Waals surface area (Å²) in [5.74, 6) is -1.27. The van der Waals surface area contributed by atoms with Gasteiger partial charge in [-0.05, 0) is 49.2 Å². The van der Waals surface area contributed by atoms with Gasteiger partial charge in [0.25, 0.3) is 0 Å². The molecule has 1 aromatic heterocycles. The Morgan fingerprint density at radius 3 is 2.50 bits per heavy atom. The minimum Gasteiger partial charge on any atom is -0.478 e. The molecule has 1 heterocycles. The normalized spacial score (nSPS) is 10.4. The largest absolute Gasteiger partial charge is 0.478 e. The topological polar surface area (TPSA) is 50.2 Å². The number of aromatic nitrogens is 1. The molecule has 92 valence electrons. The molecule has 2 aromatic rings. The Kier molecular flexibility index (Phi) is 3.10. The van der Waals surface area contributed by atoms with Crippen molar-refractivity contribution in [3.63, 3.8) is 0 Å². The average molecular weight is 245 g/mol. The Morgan fingerprint density at radius 1 is 1.22 bits per heavy atom. The Labute approximate surface area is 104 Å². The van der Waals surface area contributed by atoms with Gasteiger partial charge < -0.3 is 5.11 Å². The van der Waals surface area contributed by atoms with E-state index in [0.717, 1.165) is 11.1 Å². The first-order valence-electron chi connectivity index (χ1n) is 5.45. The maximum absolute atomic E-state index is 13.2. The van der Waals surface area contributed by atoms with Gasteiger partial charge in [-0.15, -0.1) is 0 Å². The van der Waals surface area contributed by atoms with Crippen molar-refractivity contribution in [2.45, 2.75) is 13.8 Å². The van der Waals surface area contributed by atoms with Crippen molar-refractivity contribution in [1.29, 1.82) is 0 Å². The standard InChI is InChI=1S/C14H12FNO2/c1-8-5-10(3-4-12(8)15)13-9(2)6-11(7-16-13)14(17)18/h3-7H,1-2H3,(H,17,18). The summed E-state index contributed by atoms with van der Waals surface area (Å²) < 4.78 is 13.2. The number of halogens is 1. The highest BCUT2D eigenvalue weighted by Crippen LogP contribution is 2.23. The Bertz CT molecular complexity index is 623. The van der Waals surface area contributed by atoms with Gasteiger partial charge in [0.15, 0.2) is 0 Å². The average Bonchev–Trinajstić information content (AvgIpc) is 2.32. The van der Waals surface area contributed by atoms with Crippen LogP contribution < -0.4 is 0 Å². The van der Waals surface area contributed by atoms with Crippen molar-refractivity contribution in [1.82, 2.24) is 4.98 Å². The summed E-state index contributed by atoms with van der Waals surface area (Å²) >= 11 is 0. The molecule has 0 radical (unpaired) electrons. The van der Waals surface area contributed by atoms with Gasteiger partial charge in [0.1, 0.15) is 5.82 Å². The van der Waals surface area contributed by atoms with E-state index in [9.17, 15) is 9.18 Å². The van der Waals surface area contributed by atoms with Crippen LogP contribution in [0.1, 0.15) is 21.5 Å². The number of carboxylic acid groups (broad SMARTS) is 1. The molecule has 0 fully saturated rings. The van der Waals surface area contributed by atoms with Crippen molar-refractivity contribution in [2.24, 2.45) is 0 Å². The SMILES string of the molecule is Cc1cc(-c2ncc(C(=O)O)cc2C)ccc1F. The van der Waals surface area contributed by atoms with Crippen molar-refractivity contribution in [2.75, 3.05) is 0 Å². The van der Waals surface area contributed by atoms with Gasteiger partial charge in [0.2, 0.25) is 0 Å². The van der Waals surface area contributed by atoms with Crippen LogP contribution in [0.2, 0.25) is 0 Å². The smallest absolute Gasteiger partial charge is 0.337 e. The summed E-state index contributed by atoms with van der Waals surface area (Å²) in [5.41, 5.74) is 2.89. The van der Waals surface area contributed by atoms with Crippen LogP contribution in [0.5, 0.6) is 0 Å². The van der Waals surface area contributed by atoms with E-state index in [1.165, 1.54) is 12.3 Å². The van der Waals surface area contributed by atoms with Crippen LogP contribution in [0, 0.1) is 19.7 Å². The first-order valence-corrected chi connectivity index (χ1v) is 5.45. The van der Waals surface area contributed by atoms with Crippen LogP contribution in [0.4, 0.5) is 4.39 Å². The summed E-state index contributed by atoms with van der Waals surface area (Å²) in [7, 11) is 0. The molecule has 3 nitrogen and oxygen atoms in total. The molecule has 0 aliphatic carbocycles. The summed E-state index contributed by atoms with van der Waals surface area (Å²) in [6.07, 6.45) is 1.31. The number of benzene rings is 1. The lowest BCUT2D eigenvalue weighted by Crippen LogP contribution is -1.99. The van der Waals surface area contributed by atoms with E-state index >= 15 is 0 Å². The van der Waals surface area contributed by atoms with Crippen molar-refractivity contribution in [3.8, 4) is 11.3 Å². The fraction of sp³-hybridized carbons (Fsp3) is 0.143. The molecule has 0 saturated heterocycles. The Balaban J connectivity index is 2.51. The lowest BCUT2D eigenvalue weighted by Gasteiger charge is -2.07. The van der Waals surface area contributed by atoms with Crippen LogP contribution in [-0.2, 0) is 0 Å². The second-order valence-corrected chi connectivity index (χ2v) is 4.16. The summed E-state index contributed by atoms with van der Waals surface area (Å²) in [5, 5.41) is 8.86. The number of carboxylic acids is 1. The molecule has 0 amide bonds. The quantitative estimate of drug-likeness (QED) is 0.883. The number of pyridine rings is 1. The number of hydrogen-bond acceptors (Lipinski definition) is 2. The fourth-order valence-corrected chi connectivity index (χ4v) is 1.79. The molecular formula is C14H12FNO2. The highest BCUT2D eigenvalue weighted by atomic mass is 19.1. The minimum absolute atomic E-state index is 0.148. The number of nitrogens with zero attached hydrogens (tertiary/aromatic N) is 1. The number of carbonyl (C=O) groups is 1. The van der Waals surface area contributed by atoms with E-state index in [2.05, 4.69) is 4.98 Å². The monoisotopic (exact) mass is 245 g/mol. The molecule has 0 saturated carbocycles. The summed E-state index contributed by atoms with van der Waals surface area (Å²) in [4.78, 5) is 14.9. The molecule has 0 spiro atoms. The zero-order chi connectivity index (χ0) is 13.3. The summed E-state index contributed by atoms with van der Waals surface area (Å²) in [6.45, 7) is 3.47. The van der Waals surface area contributed by atoms with Crippen molar-refractivity contribution >= 4 is 5.97 Å². The molecule has 0 unspecified atom stereocenters. The van der Waals surface area contributed by atoms with Gasteiger partial charge in [-0.25, -0.2) is 9.18 Å². The first kappa shape index (κ1) is 12.2. The molecule has 4 heteroatoms. The van der Waals surface area contributed by atoms with E-state index in [-0.39, 0.29) is 11.4 Å². The first-order chi connectivity index (χ1) is 8.49. The third kappa shape index (κ3) is 2.22. The van der Waals surface area contributed by atoms with E-state index in [1.807, 2.05) is 0 Å². The predicted octanol–water partition coefficient (Wildman–Crippen LogP) is 3.20. The molecule has 2 rings (SSSR count). The zero-order valence-electron chi connectivity index (χ0n) is 10.1. The van der Waals surface area contributed by atoms with E-state index in [4.69, 9.17) is 5.11 Å². The van der Waals surface area contributed by atoms with Crippen LogP contribution in [-0.4, -0.2) is 16.1 Å². The Hall–Kier alpha value is -2.23. The van der Waals surface area contributed by atoms with Gasteiger partial charge in [-0.3, -0.25) is 4.98 Å². The number of aromatic carboxylic acids is 1. The van der Waals surface area contributed by atoms with Gasteiger partial charge in [-0.1, -0.05) is 0 Å². The highest BCUT2D eigenvalue weighted by Gasteiger charge is 2.09. The number of hydrogen-bond donors (Lipinski definition) is 1. The van der Waals surface area contributed by atoms with Crippen LogP contribution >= 0.6 is 0 Å². The second-order valence-electron chi connectivity index (χ2n) is 4.16. The maximum Gasteiger partial charge on any atom is 0.337 e. The third-order valence-electron chi connectivity index (χ3n) is 2.76. The van der Waals surface area contributed by atoms with Crippen LogP contribution in [0.15, 0.2) is 30.5 Å². The molecule has 0 aliphatic rings. The minimum atomic E-state index is -1.01. The van der Waals surface area contributed by atoms with Gasteiger partial charge in [0, 0.05) is 11.8 Å². The maximum atomic E-state index is 13.2. The fourth-order valence-electron chi connectivity index (χ4n) is 1.79. The van der Waals surface area contributed by atoms with Gasteiger partial charge in [-0.2, -0.15) is 0 Å². The predicted molar refractivity (Wildman–Crippen MR) is 66.1 cm³/mol. The number of aryl methyl sites for hydroxylation is 2. The van der Waals surface area contributed by atoms with Gasteiger partial charge >= 0.3 is 5.97 Å². The molecule has 0 atom stereocenters. The van der Waals surface area contributed by atoms with E-state index in [0.29, 0.717) is 11.3 Å². The highest BCUT2D eigenvalue weighted by molar-refractivity contribution is 5.88. The van der Waals surface area contributed by atoms with E-state index in [1.54, 1.807) is 32.0 Å². The lowest BCUT2D eigenvalue weighted by molar-refractivity contribution is 0.0696. The lowest BCUT2D eigenvalue weighted by atomic mass is 10.0. The van der Waals surface area contributed by atoms with Crippen LogP contribution in [0.3, 0.4) is 0 Å². The molecular weight excluding hydrogens is 233 g/mol. The third-order valence-corrected chi connectivity index (χ3v) is 2.76. The molecule has 1 aromatic carbocycles. The Morgan fingerprint density at radius 2 is 1.94 bits per heavy atom.